The molecule has 0 spiro atoms. The maximum atomic E-state index is 9.28. The average molecular weight is 235 g/mol. The van der Waals surface area contributed by atoms with Crippen LogP contribution in [0.2, 0.25) is 0 Å². The summed E-state index contributed by atoms with van der Waals surface area (Å²) in [7, 11) is 4.35. The molecule has 2 aliphatic rings. The average Bonchev–Trinajstić information content (AvgIpc) is 2.71. The molecule has 2 fully saturated rings. The molecule has 0 N–H and O–H groups in total. The molecule has 2 rings (SSSR count). The summed E-state index contributed by atoms with van der Waals surface area (Å²) in [5.41, 5.74) is 0. The van der Waals surface area contributed by atoms with Gasteiger partial charge in [0.2, 0.25) is 0 Å². The van der Waals surface area contributed by atoms with Crippen molar-refractivity contribution < 1.29 is 0 Å². The highest BCUT2D eigenvalue weighted by Crippen LogP contribution is 2.32. The Bertz CT molecular complexity index is 294. The van der Waals surface area contributed by atoms with E-state index in [4.69, 9.17) is 0 Å². The van der Waals surface area contributed by atoms with Crippen molar-refractivity contribution in [3.8, 4) is 6.07 Å². The first kappa shape index (κ1) is 12.9. The van der Waals surface area contributed by atoms with Gasteiger partial charge in [0, 0.05) is 25.2 Å². The molecule has 1 heterocycles. The molecule has 17 heavy (non-hydrogen) atoms. The molecule has 1 aliphatic carbocycles. The molecule has 0 bridgehead atoms. The first-order valence-electron chi connectivity index (χ1n) is 6.93. The molecule has 0 amide bonds. The minimum atomic E-state index is 0.275. The van der Waals surface area contributed by atoms with E-state index in [0.29, 0.717) is 12.1 Å². The van der Waals surface area contributed by atoms with Gasteiger partial charge in [-0.1, -0.05) is 19.8 Å². The quantitative estimate of drug-likeness (QED) is 0.733. The van der Waals surface area contributed by atoms with Crippen LogP contribution in [0.3, 0.4) is 0 Å². The lowest BCUT2D eigenvalue weighted by molar-refractivity contribution is 0.145. The monoisotopic (exact) mass is 235 g/mol. The summed E-state index contributed by atoms with van der Waals surface area (Å²) >= 11 is 0. The van der Waals surface area contributed by atoms with E-state index in [1.807, 2.05) is 0 Å². The fraction of sp³-hybridized carbons (Fsp3) is 0.929. The highest BCUT2D eigenvalue weighted by Gasteiger charge is 2.38. The van der Waals surface area contributed by atoms with E-state index in [9.17, 15) is 5.26 Å². The lowest BCUT2D eigenvalue weighted by atomic mass is 9.84. The van der Waals surface area contributed by atoms with Crippen LogP contribution < -0.4 is 0 Å². The second kappa shape index (κ2) is 5.37. The molecule has 0 radical (unpaired) electrons. The normalized spacial score (nSPS) is 39.5. The standard InChI is InChI=1S/C14H25N3/c1-11-9-17(10-14(11)16(2)3)13-7-5-4-6-12(13)8-15/h11-14H,4-7,9-10H2,1-3H3. The fourth-order valence-corrected chi connectivity index (χ4v) is 3.63. The third-order valence-corrected chi connectivity index (χ3v) is 4.63. The van der Waals surface area contributed by atoms with Crippen LogP contribution in [-0.4, -0.2) is 49.1 Å². The van der Waals surface area contributed by atoms with Gasteiger partial charge in [0.1, 0.15) is 0 Å². The molecule has 4 unspecified atom stereocenters. The van der Waals surface area contributed by atoms with Gasteiger partial charge < -0.3 is 4.90 Å². The van der Waals surface area contributed by atoms with Gasteiger partial charge in [-0.2, -0.15) is 5.26 Å². The van der Waals surface area contributed by atoms with Crippen molar-refractivity contribution in [2.24, 2.45) is 11.8 Å². The van der Waals surface area contributed by atoms with E-state index in [1.54, 1.807) is 0 Å². The summed E-state index contributed by atoms with van der Waals surface area (Å²) in [6.45, 7) is 4.66. The van der Waals surface area contributed by atoms with Crippen molar-refractivity contribution in [2.45, 2.75) is 44.7 Å². The minimum Gasteiger partial charge on any atom is -0.305 e. The number of likely N-dealkylation sites (tertiary alicyclic amines) is 1. The molecule has 1 saturated carbocycles. The highest BCUT2D eigenvalue weighted by molar-refractivity contribution is 4.99. The zero-order valence-corrected chi connectivity index (χ0v) is 11.4. The van der Waals surface area contributed by atoms with E-state index in [0.717, 1.165) is 18.9 Å². The van der Waals surface area contributed by atoms with E-state index in [-0.39, 0.29) is 5.92 Å². The van der Waals surface area contributed by atoms with Crippen molar-refractivity contribution in [1.29, 1.82) is 5.26 Å². The van der Waals surface area contributed by atoms with Crippen molar-refractivity contribution in [1.82, 2.24) is 9.80 Å². The Morgan fingerprint density at radius 1 is 1.18 bits per heavy atom. The zero-order valence-electron chi connectivity index (χ0n) is 11.4. The van der Waals surface area contributed by atoms with Gasteiger partial charge in [0.15, 0.2) is 0 Å². The Labute approximate surface area is 105 Å². The molecular formula is C14H25N3. The molecule has 96 valence electrons. The van der Waals surface area contributed by atoms with Crippen molar-refractivity contribution >= 4 is 0 Å². The molecule has 0 aromatic heterocycles. The Balaban J connectivity index is 2.01. The van der Waals surface area contributed by atoms with Crippen LogP contribution in [0.5, 0.6) is 0 Å². The van der Waals surface area contributed by atoms with E-state index in [1.165, 1.54) is 25.8 Å². The second-order valence-electron chi connectivity index (χ2n) is 6.05. The maximum Gasteiger partial charge on any atom is 0.0672 e. The molecule has 3 heteroatoms. The van der Waals surface area contributed by atoms with Gasteiger partial charge in [-0.3, -0.25) is 4.90 Å². The lowest BCUT2D eigenvalue weighted by Gasteiger charge is -2.35. The molecule has 3 nitrogen and oxygen atoms in total. The summed E-state index contributed by atoms with van der Waals surface area (Å²) < 4.78 is 0. The number of likely N-dealkylation sites (N-methyl/N-ethyl adjacent to an activating group) is 1. The van der Waals surface area contributed by atoms with Gasteiger partial charge in [-0.15, -0.1) is 0 Å². The van der Waals surface area contributed by atoms with Gasteiger partial charge >= 0.3 is 0 Å². The summed E-state index contributed by atoms with van der Waals surface area (Å²) in [5.74, 6) is 1.00. The van der Waals surface area contributed by atoms with Crippen molar-refractivity contribution in [3.05, 3.63) is 0 Å². The van der Waals surface area contributed by atoms with Crippen molar-refractivity contribution in [3.63, 3.8) is 0 Å². The molecule has 1 saturated heterocycles. The predicted octanol–water partition coefficient (Wildman–Crippen LogP) is 1.95. The first-order chi connectivity index (χ1) is 8.13. The topological polar surface area (TPSA) is 30.3 Å². The smallest absolute Gasteiger partial charge is 0.0672 e. The number of hydrogen-bond acceptors (Lipinski definition) is 3. The Hall–Kier alpha value is -0.590. The fourth-order valence-electron chi connectivity index (χ4n) is 3.63. The molecule has 4 atom stereocenters. The SMILES string of the molecule is CC1CN(C2CCCCC2C#N)CC1N(C)C. The van der Waals surface area contributed by atoms with Gasteiger partial charge in [-0.05, 0) is 32.9 Å². The third kappa shape index (κ3) is 2.64. The highest BCUT2D eigenvalue weighted by atomic mass is 15.3. The van der Waals surface area contributed by atoms with Crippen LogP contribution in [0.4, 0.5) is 0 Å². The Morgan fingerprint density at radius 2 is 1.88 bits per heavy atom. The van der Waals surface area contributed by atoms with Crippen LogP contribution in [0, 0.1) is 23.2 Å². The molecule has 0 aromatic rings. The van der Waals surface area contributed by atoms with Gasteiger partial charge in [-0.25, -0.2) is 0 Å². The molecule has 0 aromatic carbocycles. The van der Waals surface area contributed by atoms with Crippen LogP contribution in [0.1, 0.15) is 32.6 Å². The molecule has 1 aliphatic heterocycles. The maximum absolute atomic E-state index is 9.28. The van der Waals surface area contributed by atoms with E-state index in [2.05, 4.69) is 36.9 Å². The Kier molecular flexibility index (Phi) is 4.06. The van der Waals surface area contributed by atoms with Crippen LogP contribution in [0.25, 0.3) is 0 Å². The molecular weight excluding hydrogens is 210 g/mol. The van der Waals surface area contributed by atoms with Gasteiger partial charge in [0.05, 0.1) is 12.0 Å². The number of hydrogen-bond donors (Lipinski definition) is 0. The number of nitrogens with zero attached hydrogens (tertiary/aromatic N) is 3. The predicted molar refractivity (Wildman–Crippen MR) is 69.6 cm³/mol. The van der Waals surface area contributed by atoms with Crippen LogP contribution in [-0.2, 0) is 0 Å². The number of rotatable bonds is 2. The van der Waals surface area contributed by atoms with Crippen LogP contribution >= 0.6 is 0 Å². The van der Waals surface area contributed by atoms with Gasteiger partial charge in [0.25, 0.3) is 0 Å². The summed E-state index contributed by atoms with van der Waals surface area (Å²) in [4.78, 5) is 4.93. The second-order valence-corrected chi connectivity index (χ2v) is 6.05. The van der Waals surface area contributed by atoms with Crippen molar-refractivity contribution in [2.75, 3.05) is 27.2 Å². The summed E-state index contributed by atoms with van der Waals surface area (Å²) in [5, 5.41) is 9.28. The lowest BCUT2D eigenvalue weighted by Crippen LogP contribution is -2.42. The third-order valence-electron chi connectivity index (χ3n) is 4.63. The zero-order chi connectivity index (χ0) is 12.4. The summed E-state index contributed by atoms with van der Waals surface area (Å²) in [6, 6.07) is 3.73. The summed E-state index contributed by atoms with van der Waals surface area (Å²) in [6.07, 6.45) is 4.89. The largest absolute Gasteiger partial charge is 0.305 e. The minimum absolute atomic E-state index is 0.275. The number of nitriles is 1. The Morgan fingerprint density at radius 3 is 2.47 bits per heavy atom. The van der Waals surface area contributed by atoms with E-state index < -0.39 is 0 Å². The van der Waals surface area contributed by atoms with Crippen LogP contribution in [0.15, 0.2) is 0 Å². The first-order valence-corrected chi connectivity index (χ1v) is 6.93. The van der Waals surface area contributed by atoms with E-state index >= 15 is 0 Å².